The van der Waals surface area contributed by atoms with E-state index < -0.39 is 9.84 Å². The molecular weight excluding hydrogens is 329 g/mol. The zero-order valence-corrected chi connectivity index (χ0v) is 14.0. The van der Waals surface area contributed by atoms with E-state index >= 15 is 0 Å². The van der Waals surface area contributed by atoms with Crippen molar-refractivity contribution in [3.8, 4) is 0 Å². The highest BCUT2D eigenvalue weighted by Gasteiger charge is 2.17. The molecule has 6 heteroatoms. The number of furan rings is 1. The minimum atomic E-state index is -3.15. The molecule has 24 heavy (non-hydrogen) atoms. The fourth-order valence-electron chi connectivity index (χ4n) is 2.64. The lowest BCUT2D eigenvalue weighted by atomic mass is 10.1. The molecule has 0 spiro atoms. The molecule has 1 heterocycles. The fraction of sp³-hybridized carbons (Fsp3) is 0.222. The van der Waals surface area contributed by atoms with Gasteiger partial charge in [-0.15, -0.1) is 0 Å². The highest BCUT2D eigenvalue weighted by Crippen LogP contribution is 2.21. The third kappa shape index (κ3) is 4.21. The number of hydrogen-bond acceptors (Lipinski definition) is 4. The van der Waals surface area contributed by atoms with Crippen molar-refractivity contribution in [2.45, 2.75) is 12.6 Å². The van der Waals surface area contributed by atoms with Gasteiger partial charge in [-0.2, -0.15) is 0 Å². The molecule has 0 aliphatic carbocycles. The van der Waals surface area contributed by atoms with Crippen LogP contribution in [0.5, 0.6) is 0 Å². The number of sulfone groups is 1. The SMILES string of the molecule is CS(=O)(=O)CC(NCc1cc2cc(F)ccc2o1)c1ccccc1. The average Bonchev–Trinajstić information content (AvgIpc) is 2.93. The highest BCUT2D eigenvalue weighted by molar-refractivity contribution is 7.90. The van der Waals surface area contributed by atoms with E-state index in [9.17, 15) is 12.8 Å². The molecule has 126 valence electrons. The van der Waals surface area contributed by atoms with Crippen molar-refractivity contribution >= 4 is 20.8 Å². The third-order valence-electron chi connectivity index (χ3n) is 3.72. The van der Waals surface area contributed by atoms with Crippen molar-refractivity contribution in [3.63, 3.8) is 0 Å². The van der Waals surface area contributed by atoms with Gasteiger partial charge in [0.05, 0.1) is 12.3 Å². The average molecular weight is 347 g/mol. The summed E-state index contributed by atoms with van der Waals surface area (Å²) in [5.41, 5.74) is 1.50. The minimum Gasteiger partial charge on any atom is -0.460 e. The van der Waals surface area contributed by atoms with Gasteiger partial charge in [-0.05, 0) is 29.8 Å². The molecule has 0 bridgehead atoms. The van der Waals surface area contributed by atoms with Crippen LogP contribution in [0.25, 0.3) is 11.0 Å². The lowest BCUT2D eigenvalue weighted by Crippen LogP contribution is -2.27. The summed E-state index contributed by atoms with van der Waals surface area (Å²) in [7, 11) is -3.15. The first kappa shape index (κ1) is 16.7. The lowest BCUT2D eigenvalue weighted by molar-refractivity contribution is 0.480. The Morgan fingerprint density at radius 1 is 1.12 bits per heavy atom. The molecule has 0 radical (unpaired) electrons. The molecule has 0 amide bonds. The Kier molecular flexibility index (Phi) is 4.69. The van der Waals surface area contributed by atoms with Crippen molar-refractivity contribution in [3.05, 3.63) is 71.7 Å². The molecule has 4 nitrogen and oxygen atoms in total. The molecule has 1 atom stereocenters. The zero-order valence-electron chi connectivity index (χ0n) is 13.2. The van der Waals surface area contributed by atoms with Crippen LogP contribution in [-0.2, 0) is 16.4 Å². The highest BCUT2D eigenvalue weighted by atomic mass is 32.2. The Bertz CT molecular complexity index is 935. The van der Waals surface area contributed by atoms with Crippen LogP contribution < -0.4 is 5.32 Å². The summed E-state index contributed by atoms with van der Waals surface area (Å²) in [6.45, 7) is 0.353. The monoisotopic (exact) mass is 347 g/mol. The molecule has 0 fully saturated rings. The Hall–Kier alpha value is -2.18. The quantitative estimate of drug-likeness (QED) is 0.742. The Morgan fingerprint density at radius 2 is 1.88 bits per heavy atom. The van der Waals surface area contributed by atoms with Gasteiger partial charge in [-0.3, -0.25) is 0 Å². The van der Waals surface area contributed by atoms with Crippen LogP contribution in [0.15, 0.2) is 59.0 Å². The second-order valence-electron chi connectivity index (χ2n) is 5.83. The molecule has 3 rings (SSSR count). The predicted molar refractivity (Wildman–Crippen MR) is 91.9 cm³/mol. The predicted octanol–water partition coefficient (Wildman–Crippen LogP) is 3.45. The second kappa shape index (κ2) is 6.75. The summed E-state index contributed by atoms with van der Waals surface area (Å²) in [6, 6.07) is 15.2. The molecule has 3 aromatic rings. The van der Waals surface area contributed by atoms with Gasteiger partial charge in [0.15, 0.2) is 0 Å². The maximum atomic E-state index is 13.2. The normalized spacial score (nSPS) is 13.2. The maximum Gasteiger partial charge on any atom is 0.149 e. The zero-order chi connectivity index (χ0) is 17.2. The van der Waals surface area contributed by atoms with E-state index in [2.05, 4.69) is 5.32 Å². The molecule has 1 aromatic heterocycles. The van der Waals surface area contributed by atoms with E-state index in [0.29, 0.717) is 23.3 Å². The largest absolute Gasteiger partial charge is 0.460 e. The van der Waals surface area contributed by atoms with Crippen LogP contribution in [-0.4, -0.2) is 20.4 Å². The Morgan fingerprint density at radius 3 is 2.58 bits per heavy atom. The summed E-state index contributed by atoms with van der Waals surface area (Å²) in [5, 5.41) is 3.90. The summed E-state index contributed by atoms with van der Waals surface area (Å²) in [6.07, 6.45) is 1.22. The van der Waals surface area contributed by atoms with E-state index in [-0.39, 0.29) is 17.6 Å². The summed E-state index contributed by atoms with van der Waals surface area (Å²) in [4.78, 5) is 0. The minimum absolute atomic E-state index is 0.00807. The molecular formula is C18H18FNO3S. The van der Waals surface area contributed by atoms with E-state index in [1.807, 2.05) is 30.3 Å². The molecule has 1 N–H and O–H groups in total. The van der Waals surface area contributed by atoms with Crippen molar-refractivity contribution < 1.29 is 17.2 Å². The van der Waals surface area contributed by atoms with Crippen molar-refractivity contribution in [2.24, 2.45) is 0 Å². The van der Waals surface area contributed by atoms with Gasteiger partial charge >= 0.3 is 0 Å². The van der Waals surface area contributed by atoms with Gasteiger partial charge in [0, 0.05) is 17.7 Å². The van der Waals surface area contributed by atoms with Crippen LogP contribution >= 0.6 is 0 Å². The summed E-state index contributed by atoms with van der Waals surface area (Å²) >= 11 is 0. The number of rotatable bonds is 6. The summed E-state index contributed by atoms with van der Waals surface area (Å²) < 4.78 is 42.3. The third-order valence-corrected chi connectivity index (χ3v) is 4.66. The fourth-order valence-corrected chi connectivity index (χ4v) is 3.56. The standard InChI is InChI=1S/C18H18FNO3S/c1-24(21,22)12-17(13-5-3-2-4-6-13)20-11-16-10-14-9-15(19)7-8-18(14)23-16/h2-10,17,20H,11-12H2,1H3. The van der Waals surface area contributed by atoms with Gasteiger partial charge in [-0.1, -0.05) is 30.3 Å². The first-order valence-corrected chi connectivity index (χ1v) is 9.61. The Labute approximate surface area is 140 Å². The number of hydrogen-bond donors (Lipinski definition) is 1. The molecule has 2 aromatic carbocycles. The number of halogens is 1. The molecule has 1 unspecified atom stereocenters. The second-order valence-corrected chi connectivity index (χ2v) is 8.02. The van der Waals surface area contributed by atoms with Gasteiger partial charge in [0.2, 0.25) is 0 Å². The van der Waals surface area contributed by atoms with E-state index in [1.54, 1.807) is 12.1 Å². The van der Waals surface area contributed by atoms with Crippen molar-refractivity contribution in [1.82, 2.24) is 5.32 Å². The Balaban J connectivity index is 1.79. The summed E-state index contributed by atoms with van der Waals surface area (Å²) in [5.74, 6) is 0.304. The number of nitrogens with one attached hydrogen (secondary N) is 1. The van der Waals surface area contributed by atoms with Gasteiger partial charge < -0.3 is 9.73 Å². The first-order valence-electron chi connectivity index (χ1n) is 7.55. The number of fused-ring (bicyclic) bond motifs is 1. The van der Waals surface area contributed by atoms with Crippen molar-refractivity contribution in [1.29, 1.82) is 0 Å². The van der Waals surface area contributed by atoms with Crippen LogP contribution in [0.3, 0.4) is 0 Å². The van der Waals surface area contributed by atoms with E-state index in [1.165, 1.54) is 18.4 Å². The van der Waals surface area contributed by atoms with Crippen LogP contribution in [0.4, 0.5) is 4.39 Å². The first-order chi connectivity index (χ1) is 11.4. The lowest BCUT2D eigenvalue weighted by Gasteiger charge is -2.17. The molecule has 0 aliphatic heterocycles. The number of benzene rings is 2. The maximum absolute atomic E-state index is 13.2. The van der Waals surface area contributed by atoms with Gasteiger partial charge in [0.1, 0.15) is 27.0 Å². The molecule has 0 aliphatic rings. The van der Waals surface area contributed by atoms with E-state index in [4.69, 9.17) is 4.42 Å². The van der Waals surface area contributed by atoms with Crippen LogP contribution in [0.1, 0.15) is 17.4 Å². The van der Waals surface area contributed by atoms with Crippen LogP contribution in [0, 0.1) is 5.82 Å². The van der Waals surface area contributed by atoms with Gasteiger partial charge in [0.25, 0.3) is 0 Å². The van der Waals surface area contributed by atoms with Gasteiger partial charge in [-0.25, -0.2) is 12.8 Å². The molecule has 0 saturated carbocycles. The smallest absolute Gasteiger partial charge is 0.149 e. The molecule has 0 saturated heterocycles. The van der Waals surface area contributed by atoms with E-state index in [0.717, 1.165) is 5.56 Å². The van der Waals surface area contributed by atoms with Crippen LogP contribution in [0.2, 0.25) is 0 Å². The van der Waals surface area contributed by atoms with Crippen molar-refractivity contribution in [2.75, 3.05) is 12.0 Å². The topological polar surface area (TPSA) is 59.3 Å².